The number of rotatable bonds is 3. The van der Waals surface area contributed by atoms with Crippen LogP contribution in [0.2, 0.25) is 0 Å². The summed E-state index contributed by atoms with van der Waals surface area (Å²) in [6.45, 7) is 0.657. The summed E-state index contributed by atoms with van der Waals surface area (Å²) >= 11 is 1.58. The first kappa shape index (κ1) is 10.7. The van der Waals surface area contributed by atoms with Gasteiger partial charge in [0, 0.05) is 18.1 Å². The standard InChI is InChI=1S/C15H14OS/c1-2-8-14-12(5-1)6-3-9-15(14)16-11-13-7-4-10-17-13/h2,6-8H,1,3,5,9,11H2. The highest BCUT2D eigenvalue weighted by molar-refractivity contribution is 7.08. The maximum atomic E-state index is 5.95. The quantitative estimate of drug-likeness (QED) is 0.772. The van der Waals surface area contributed by atoms with E-state index in [9.17, 15) is 0 Å². The lowest BCUT2D eigenvalue weighted by atomic mass is 9.89. The molecule has 1 aromatic rings. The van der Waals surface area contributed by atoms with Gasteiger partial charge in [0.15, 0.2) is 0 Å². The second-order valence-electron chi connectivity index (χ2n) is 4.29. The van der Waals surface area contributed by atoms with Crippen LogP contribution < -0.4 is 0 Å². The Kier molecular flexibility index (Phi) is 3.02. The van der Waals surface area contributed by atoms with Crippen molar-refractivity contribution >= 4 is 11.3 Å². The van der Waals surface area contributed by atoms with Crippen molar-refractivity contribution in [3.05, 3.63) is 57.5 Å². The van der Waals surface area contributed by atoms with Gasteiger partial charge in [-0.3, -0.25) is 0 Å². The lowest BCUT2D eigenvalue weighted by Gasteiger charge is -2.22. The van der Waals surface area contributed by atoms with Gasteiger partial charge >= 0.3 is 0 Å². The Morgan fingerprint density at radius 2 is 2.29 bits per heavy atom. The zero-order chi connectivity index (χ0) is 11.5. The molecule has 3 rings (SSSR count). The predicted octanol–water partition coefficient (Wildman–Crippen LogP) is 4.19. The van der Waals surface area contributed by atoms with Gasteiger partial charge in [-0.1, -0.05) is 35.6 Å². The lowest BCUT2D eigenvalue weighted by molar-refractivity contribution is 0.188. The molecule has 2 aliphatic rings. The van der Waals surface area contributed by atoms with Gasteiger partial charge in [0.2, 0.25) is 0 Å². The maximum absolute atomic E-state index is 5.95. The topological polar surface area (TPSA) is 9.23 Å². The molecule has 2 heteroatoms. The molecule has 1 nitrogen and oxygen atoms in total. The SMILES string of the molecule is c1cc(COC2=C3C=CCCC3=CCC2)sc#1. The number of hydrogen-bond acceptors (Lipinski definition) is 2. The van der Waals surface area contributed by atoms with E-state index in [4.69, 9.17) is 4.74 Å². The van der Waals surface area contributed by atoms with Crippen molar-refractivity contribution in [3.8, 4) is 0 Å². The molecule has 1 heterocycles. The Hall–Kier alpha value is -1.46. The number of hydrogen-bond donors (Lipinski definition) is 0. The third-order valence-corrected chi connectivity index (χ3v) is 3.85. The van der Waals surface area contributed by atoms with Crippen molar-refractivity contribution in [1.82, 2.24) is 0 Å². The van der Waals surface area contributed by atoms with Gasteiger partial charge in [-0.05, 0) is 30.2 Å². The van der Waals surface area contributed by atoms with E-state index in [1.54, 1.807) is 11.3 Å². The van der Waals surface area contributed by atoms with Crippen LogP contribution in [-0.2, 0) is 11.3 Å². The van der Waals surface area contributed by atoms with Gasteiger partial charge in [0.05, 0.1) is 4.88 Å². The molecule has 1 aromatic heterocycles. The van der Waals surface area contributed by atoms with Crippen LogP contribution in [0.25, 0.3) is 0 Å². The first-order chi connectivity index (χ1) is 8.43. The third kappa shape index (κ3) is 2.30. The first-order valence-electron chi connectivity index (χ1n) is 6.02. The van der Waals surface area contributed by atoms with Crippen LogP contribution in [0.1, 0.15) is 30.6 Å². The Morgan fingerprint density at radius 3 is 3.18 bits per heavy atom. The molecule has 17 heavy (non-hydrogen) atoms. The molecule has 2 aliphatic carbocycles. The van der Waals surface area contributed by atoms with E-state index in [0.717, 1.165) is 25.0 Å². The van der Waals surface area contributed by atoms with E-state index < -0.39 is 0 Å². The molecule has 0 spiro atoms. The van der Waals surface area contributed by atoms with Crippen molar-refractivity contribution in [2.45, 2.75) is 32.3 Å². The molecule has 0 fully saturated rings. The van der Waals surface area contributed by atoms with Crippen LogP contribution in [0.5, 0.6) is 0 Å². The molecule has 0 aliphatic heterocycles. The van der Waals surface area contributed by atoms with E-state index in [2.05, 4.69) is 29.7 Å². The number of fused-ring (bicyclic) bond motifs is 1. The Bertz CT molecular complexity index is 477. The molecular weight excluding hydrogens is 228 g/mol. The summed E-state index contributed by atoms with van der Waals surface area (Å²) in [5.74, 6) is 1.16. The average Bonchev–Trinajstić information content (AvgIpc) is 2.89. The molecule has 0 saturated carbocycles. The summed E-state index contributed by atoms with van der Waals surface area (Å²) in [5, 5.41) is 2.97. The van der Waals surface area contributed by atoms with Crippen LogP contribution >= 0.6 is 11.3 Å². The molecule has 0 aromatic carbocycles. The smallest absolute Gasteiger partial charge is 0.123 e. The van der Waals surface area contributed by atoms with Crippen LogP contribution in [-0.4, -0.2) is 0 Å². The minimum Gasteiger partial charge on any atom is -0.492 e. The van der Waals surface area contributed by atoms with E-state index >= 15 is 0 Å². The highest BCUT2D eigenvalue weighted by Gasteiger charge is 2.17. The van der Waals surface area contributed by atoms with Gasteiger partial charge in [-0.2, -0.15) is 0 Å². The van der Waals surface area contributed by atoms with E-state index in [-0.39, 0.29) is 0 Å². The van der Waals surface area contributed by atoms with Crippen LogP contribution in [0.4, 0.5) is 0 Å². The van der Waals surface area contributed by atoms with Crippen molar-refractivity contribution in [1.29, 1.82) is 0 Å². The van der Waals surface area contributed by atoms with Gasteiger partial charge in [-0.15, -0.1) is 0 Å². The lowest BCUT2D eigenvalue weighted by Crippen LogP contribution is -2.05. The van der Waals surface area contributed by atoms with Crippen molar-refractivity contribution < 1.29 is 4.74 Å². The Balaban J connectivity index is 1.77. The summed E-state index contributed by atoms with van der Waals surface area (Å²) in [6, 6.07) is 4.90. The van der Waals surface area contributed by atoms with Crippen molar-refractivity contribution in [2.75, 3.05) is 0 Å². The van der Waals surface area contributed by atoms with Crippen molar-refractivity contribution in [3.63, 3.8) is 0 Å². The van der Waals surface area contributed by atoms with Gasteiger partial charge in [0.25, 0.3) is 0 Å². The van der Waals surface area contributed by atoms with Gasteiger partial charge in [-0.25, -0.2) is 0 Å². The second kappa shape index (κ2) is 4.81. The monoisotopic (exact) mass is 242 g/mol. The Labute approximate surface area is 106 Å². The fourth-order valence-electron chi connectivity index (χ4n) is 2.29. The molecule has 0 radical (unpaired) electrons. The molecule has 0 bridgehead atoms. The maximum Gasteiger partial charge on any atom is 0.123 e. The molecule has 0 saturated heterocycles. The fourth-order valence-corrected chi connectivity index (χ4v) is 2.78. The molecule has 0 unspecified atom stereocenters. The minimum absolute atomic E-state index is 0.657. The predicted molar refractivity (Wildman–Crippen MR) is 69.5 cm³/mol. The molecule has 0 amide bonds. The highest BCUT2D eigenvalue weighted by atomic mass is 32.1. The normalized spacial score (nSPS) is 18.5. The van der Waals surface area contributed by atoms with Gasteiger partial charge in [0.1, 0.15) is 12.4 Å². The zero-order valence-electron chi connectivity index (χ0n) is 9.66. The fraction of sp³-hybridized carbons (Fsp3) is 0.333. The van der Waals surface area contributed by atoms with E-state index in [1.165, 1.54) is 22.4 Å². The van der Waals surface area contributed by atoms with Gasteiger partial charge < -0.3 is 4.74 Å². The van der Waals surface area contributed by atoms with Crippen LogP contribution in [0.3, 0.4) is 0 Å². The summed E-state index contributed by atoms with van der Waals surface area (Å²) in [6.07, 6.45) is 11.3. The first-order valence-corrected chi connectivity index (χ1v) is 6.83. The van der Waals surface area contributed by atoms with E-state index in [1.807, 2.05) is 6.07 Å². The molecule has 0 N–H and O–H groups in total. The molecular formula is C15H14OS. The summed E-state index contributed by atoms with van der Waals surface area (Å²) < 4.78 is 5.95. The third-order valence-electron chi connectivity index (χ3n) is 3.14. The zero-order valence-corrected chi connectivity index (χ0v) is 10.5. The van der Waals surface area contributed by atoms with Crippen molar-refractivity contribution in [2.24, 2.45) is 0 Å². The largest absolute Gasteiger partial charge is 0.492 e. The number of ether oxygens (including phenoxy) is 1. The Morgan fingerprint density at radius 1 is 1.29 bits per heavy atom. The van der Waals surface area contributed by atoms with Crippen LogP contribution in [0, 0.1) is 11.4 Å². The summed E-state index contributed by atoms with van der Waals surface area (Å²) in [5.41, 5.74) is 2.80. The highest BCUT2D eigenvalue weighted by Crippen LogP contribution is 2.33. The second-order valence-corrected chi connectivity index (χ2v) is 5.23. The van der Waals surface area contributed by atoms with E-state index in [0.29, 0.717) is 6.61 Å². The summed E-state index contributed by atoms with van der Waals surface area (Å²) in [7, 11) is 0. The summed E-state index contributed by atoms with van der Waals surface area (Å²) in [4.78, 5) is 1.19. The molecule has 86 valence electrons. The molecule has 0 atom stereocenters. The average molecular weight is 242 g/mol. The number of allylic oxidation sites excluding steroid dienone is 6. The van der Waals surface area contributed by atoms with Crippen LogP contribution in [0.15, 0.2) is 41.2 Å². The minimum atomic E-state index is 0.657.